The number of aryl methyl sites for hydroxylation is 1. The van der Waals surface area contributed by atoms with Crippen LogP contribution in [0.3, 0.4) is 0 Å². The van der Waals surface area contributed by atoms with E-state index in [-0.39, 0.29) is 5.91 Å². The van der Waals surface area contributed by atoms with Crippen molar-refractivity contribution in [2.24, 2.45) is 0 Å². The molecule has 0 saturated carbocycles. The molecular weight excluding hydrogens is 330 g/mol. The Kier molecular flexibility index (Phi) is 5.37. The van der Waals surface area contributed by atoms with E-state index in [1.807, 2.05) is 43.3 Å². The molecule has 134 valence electrons. The third-order valence-electron chi connectivity index (χ3n) is 4.16. The van der Waals surface area contributed by atoms with Gasteiger partial charge in [-0.2, -0.15) is 0 Å². The Hall–Kier alpha value is -3.08. The highest BCUT2D eigenvalue weighted by atomic mass is 16.5. The normalized spacial score (nSPS) is 11.9. The van der Waals surface area contributed by atoms with E-state index in [2.05, 4.69) is 5.32 Å². The number of hydrogen-bond acceptors (Lipinski definition) is 4. The van der Waals surface area contributed by atoms with Crippen molar-refractivity contribution in [3.8, 4) is 5.75 Å². The van der Waals surface area contributed by atoms with Crippen molar-refractivity contribution in [2.75, 3.05) is 6.54 Å². The molecule has 5 nitrogen and oxygen atoms in total. The monoisotopic (exact) mass is 351 g/mol. The number of nitrogens with one attached hydrogen (secondary N) is 1. The molecule has 1 atom stereocenters. The number of hydrogen-bond donors (Lipinski definition) is 1. The summed E-state index contributed by atoms with van der Waals surface area (Å²) in [5.74, 6) is 0.295. The van der Waals surface area contributed by atoms with Crippen LogP contribution in [0.25, 0.3) is 11.0 Å². The lowest BCUT2D eigenvalue weighted by Crippen LogP contribution is -2.37. The van der Waals surface area contributed by atoms with Crippen molar-refractivity contribution >= 4 is 16.9 Å². The number of carbonyl (C=O) groups is 1. The van der Waals surface area contributed by atoms with Crippen molar-refractivity contribution in [3.63, 3.8) is 0 Å². The van der Waals surface area contributed by atoms with Crippen molar-refractivity contribution < 1.29 is 13.9 Å². The van der Waals surface area contributed by atoms with Gasteiger partial charge in [0, 0.05) is 24.1 Å². The zero-order chi connectivity index (χ0) is 18.5. The predicted octanol–water partition coefficient (Wildman–Crippen LogP) is 3.23. The first-order valence-electron chi connectivity index (χ1n) is 8.56. The molecule has 26 heavy (non-hydrogen) atoms. The number of carbonyl (C=O) groups excluding carboxylic acids is 1. The predicted molar refractivity (Wildman–Crippen MR) is 100 cm³/mol. The maximum absolute atomic E-state index is 12.2. The Morgan fingerprint density at radius 2 is 1.92 bits per heavy atom. The number of rotatable bonds is 6. The maximum atomic E-state index is 12.2. The molecule has 0 aliphatic heterocycles. The van der Waals surface area contributed by atoms with Crippen LogP contribution >= 0.6 is 0 Å². The van der Waals surface area contributed by atoms with Crippen LogP contribution in [0.1, 0.15) is 18.1 Å². The van der Waals surface area contributed by atoms with Crippen molar-refractivity contribution in [3.05, 3.63) is 76.1 Å². The van der Waals surface area contributed by atoms with Gasteiger partial charge in [-0.05, 0) is 43.5 Å². The van der Waals surface area contributed by atoms with Crippen LogP contribution in [0, 0.1) is 6.92 Å². The molecule has 0 spiro atoms. The Morgan fingerprint density at radius 3 is 2.69 bits per heavy atom. The van der Waals surface area contributed by atoms with Gasteiger partial charge in [-0.15, -0.1) is 0 Å². The van der Waals surface area contributed by atoms with Crippen LogP contribution in [-0.2, 0) is 11.2 Å². The first-order valence-corrected chi connectivity index (χ1v) is 8.56. The molecule has 2 aromatic carbocycles. The number of fused-ring (bicyclic) bond motifs is 1. The maximum Gasteiger partial charge on any atom is 0.336 e. The Balaban J connectivity index is 1.60. The molecule has 1 heterocycles. The molecule has 0 radical (unpaired) electrons. The van der Waals surface area contributed by atoms with E-state index in [1.54, 1.807) is 19.1 Å². The summed E-state index contributed by atoms with van der Waals surface area (Å²) in [6, 6.07) is 16.6. The van der Waals surface area contributed by atoms with Gasteiger partial charge in [-0.25, -0.2) is 4.79 Å². The second-order valence-corrected chi connectivity index (χ2v) is 6.19. The lowest BCUT2D eigenvalue weighted by Gasteiger charge is -2.15. The molecule has 0 aliphatic rings. The first kappa shape index (κ1) is 17.7. The fourth-order valence-electron chi connectivity index (χ4n) is 2.75. The molecular formula is C21H21NO4. The molecule has 3 rings (SSSR count). The van der Waals surface area contributed by atoms with Gasteiger partial charge < -0.3 is 14.5 Å². The second kappa shape index (κ2) is 7.87. The average molecular weight is 351 g/mol. The molecule has 5 heteroatoms. The smallest absolute Gasteiger partial charge is 0.336 e. The summed E-state index contributed by atoms with van der Waals surface area (Å²) in [6.45, 7) is 4.08. The minimum Gasteiger partial charge on any atom is -0.481 e. The zero-order valence-corrected chi connectivity index (χ0v) is 14.8. The Morgan fingerprint density at radius 1 is 1.15 bits per heavy atom. The third kappa shape index (κ3) is 4.30. The Labute approximate surface area is 151 Å². The average Bonchev–Trinajstić information content (AvgIpc) is 2.62. The van der Waals surface area contributed by atoms with E-state index >= 15 is 0 Å². The summed E-state index contributed by atoms with van der Waals surface area (Å²) in [6.07, 6.45) is 0.111. The zero-order valence-electron chi connectivity index (χ0n) is 14.8. The molecule has 0 fully saturated rings. The standard InChI is InChI=1S/C21H21NO4/c1-14-12-20(23)26-19-13-17(8-9-18(14)19)25-15(2)21(24)22-11-10-16-6-4-3-5-7-16/h3-9,12-13,15H,10-11H2,1-2H3,(H,22,24)/t15-/m0/s1. The van der Waals surface area contributed by atoms with E-state index in [0.29, 0.717) is 17.9 Å². The third-order valence-corrected chi connectivity index (χ3v) is 4.16. The molecule has 0 aliphatic carbocycles. The van der Waals surface area contributed by atoms with Crippen LogP contribution in [0.2, 0.25) is 0 Å². The van der Waals surface area contributed by atoms with Gasteiger partial charge in [0.2, 0.25) is 0 Å². The van der Waals surface area contributed by atoms with Crippen molar-refractivity contribution in [2.45, 2.75) is 26.4 Å². The highest BCUT2D eigenvalue weighted by molar-refractivity contribution is 5.82. The van der Waals surface area contributed by atoms with E-state index in [9.17, 15) is 9.59 Å². The van der Waals surface area contributed by atoms with E-state index in [1.165, 1.54) is 11.6 Å². The molecule has 1 aromatic heterocycles. The second-order valence-electron chi connectivity index (χ2n) is 6.19. The number of ether oxygens (including phenoxy) is 1. The van der Waals surface area contributed by atoms with E-state index in [4.69, 9.17) is 9.15 Å². The highest BCUT2D eigenvalue weighted by Gasteiger charge is 2.15. The molecule has 0 saturated heterocycles. The van der Waals surface area contributed by atoms with Crippen LogP contribution in [0.4, 0.5) is 0 Å². The fourth-order valence-corrected chi connectivity index (χ4v) is 2.75. The molecule has 1 N–H and O–H groups in total. The summed E-state index contributed by atoms with van der Waals surface area (Å²) in [4.78, 5) is 23.7. The number of amides is 1. The summed E-state index contributed by atoms with van der Waals surface area (Å²) >= 11 is 0. The van der Waals surface area contributed by atoms with Crippen molar-refractivity contribution in [1.29, 1.82) is 0 Å². The lowest BCUT2D eigenvalue weighted by molar-refractivity contribution is -0.127. The van der Waals surface area contributed by atoms with E-state index < -0.39 is 11.7 Å². The summed E-state index contributed by atoms with van der Waals surface area (Å²) in [5, 5.41) is 3.71. The molecule has 0 bridgehead atoms. The van der Waals surface area contributed by atoms with Gasteiger partial charge in [-0.3, -0.25) is 4.79 Å². The topological polar surface area (TPSA) is 68.5 Å². The minimum absolute atomic E-state index is 0.188. The summed E-state index contributed by atoms with van der Waals surface area (Å²) in [5.41, 5.74) is 2.05. The Bertz CT molecular complexity index is 963. The summed E-state index contributed by atoms with van der Waals surface area (Å²) in [7, 11) is 0. The largest absolute Gasteiger partial charge is 0.481 e. The van der Waals surface area contributed by atoms with Crippen LogP contribution in [0.5, 0.6) is 5.75 Å². The van der Waals surface area contributed by atoms with Crippen molar-refractivity contribution in [1.82, 2.24) is 5.32 Å². The van der Waals surface area contributed by atoms with Gasteiger partial charge in [-0.1, -0.05) is 30.3 Å². The minimum atomic E-state index is -0.653. The van der Waals surface area contributed by atoms with Gasteiger partial charge in [0.15, 0.2) is 6.10 Å². The van der Waals surface area contributed by atoms with Crippen LogP contribution in [0.15, 0.2) is 63.8 Å². The van der Waals surface area contributed by atoms with Gasteiger partial charge in [0.05, 0.1) is 0 Å². The highest BCUT2D eigenvalue weighted by Crippen LogP contribution is 2.22. The van der Waals surface area contributed by atoms with Gasteiger partial charge in [0.1, 0.15) is 11.3 Å². The van der Waals surface area contributed by atoms with Gasteiger partial charge in [0.25, 0.3) is 5.91 Å². The van der Waals surface area contributed by atoms with Crippen LogP contribution in [-0.4, -0.2) is 18.6 Å². The van der Waals surface area contributed by atoms with Gasteiger partial charge >= 0.3 is 5.63 Å². The molecule has 0 unspecified atom stereocenters. The quantitative estimate of drug-likeness (QED) is 0.692. The fraction of sp³-hybridized carbons (Fsp3) is 0.238. The number of benzene rings is 2. The SMILES string of the molecule is Cc1cc(=O)oc2cc(O[C@@H](C)C(=O)NCCc3ccccc3)ccc12. The molecule has 1 amide bonds. The summed E-state index contributed by atoms with van der Waals surface area (Å²) < 4.78 is 10.9. The van der Waals surface area contributed by atoms with E-state index in [0.717, 1.165) is 17.4 Å². The molecule has 3 aromatic rings. The van der Waals surface area contributed by atoms with Crippen LogP contribution < -0.4 is 15.7 Å². The first-order chi connectivity index (χ1) is 12.5. The lowest BCUT2D eigenvalue weighted by atomic mass is 10.1.